The van der Waals surface area contributed by atoms with Gasteiger partial charge >= 0.3 is 0 Å². The smallest absolute Gasteiger partial charge is 0.272 e. The van der Waals surface area contributed by atoms with Gasteiger partial charge in [-0.1, -0.05) is 41.9 Å². The first-order valence-corrected chi connectivity index (χ1v) is 10.5. The van der Waals surface area contributed by atoms with Crippen LogP contribution in [0.25, 0.3) is 10.6 Å². The molecule has 0 spiro atoms. The van der Waals surface area contributed by atoms with Gasteiger partial charge < -0.3 is 10.6 Å². The molecule has 11 heteroatoms. The number of nitrogens with one attached hydrogen (secondary N) is 3. The van der Waals surface area contributed by atoms with E-state index in [1.807, 2.05) is 35.7 Å². The molecule has 2 heterocycles. The summed E-state index contributed by atoms with van der Waals surface area (Å²) in [6, 6.07) is 12.4. The van der Waals surface area contributed by atoms with Gasteiger partial charge in [0, 0.05) is 17.0 Å². The van der Waals surface area contributed by atoms with Crippen molar-refractivity contribution in [2.24, 2.45) is 0 Å². The number of carbonyl (C=O) groups is 2. The van der Waals surface area contributed by atoms with Crippen molar-refractivity contribution in [1.29, 1.82) is 0 Å². The predicted octanol–water partition coefficient (Wildman–Crippen LogP) is 4.65. The lowest BCUT2D eigenvalue weighted by Gasteiger charge is -2.05. The summed E-state index contributed by atoms with van der Waals surface area (Å²) in [6.45, 7) is 0.196. The lowest BCUT2D eigenvalue weighted by atomic mass is 10.2. The highest BCUT2D eigenvalue weighted by Gasteiger charge is 2.17. The van der Waals surface area contributed by atoms with E-state index in [9.17, 15) is 18.4 Å². The Balaban J connectivity index is 1.36. The molecule has 0 saturated carbocycles. The van der Waals surface area contributed by atoms with E-state index in [1.165, 1.54) is 17.4 Å². The Labute approximate surface area is 189 Å². The first-order chi connectivity index (χ1) is 15.4. The van der Waals surface area contributed by atoms with E-state index in [2.05, 4.69) is 25.8 Å². The molecule has 2 amide bonds. The Bertz CT molecular complexity index is 1290. The van der Waals surface area contributed by atoms with Gasteiger partial charge in [-0.25, -0.2) is 13.8 Å². The molecule has 2 aromatic heterocycles. The zero-order valence-electron chi connectivity index (χ0n) is 16.2. The molecule has 162 valence electrons. The number of amides is 2. The summed E-state index contributed by atoms with van der Waals surface area (Å²) in [5.41, 5.74) is 1.45. The van der Waals surface area contributed by atoms with E-state index in [0.29, 0.717) is 17.8 Å². The zero-order chi connectivity index (χ0) is 22.7. The molecule has 0 bridgehead atoms. The molecule has 0 aliphatic heterocycles. The molecule has 0 fully saturated rings. The second-order valence-corrected chi connectivity index (χ2v) is 7.83. The molecule has 0 radical (unpaired) electrons. The Morgan fingerprint density at radius 1 is 1.06 bits per heavy atom. The van der Waals surface area contributed by atoms with Crippen LogP contribution in [0, 0.1) is 11.6 Å². The van der Waals surface area contributed by atoms with Crippen LogP contribution in [0.15, 0.2) is 53.9 Å². The van der Waals surface area contributed by atoms with Crippen LogP contribution in [0.3, 0.4) is 0 Å². The number of aromatic nitrogens is 3. The third-order valence-electron chi connectivity index (χ3n) is 4.32. The Hall–Kier alpha value is -3.63. The van der Waals surface area contributed by atoms with Gasteiger partial charge in [0.1, 0.15) is 10.8 Å². The van der Waals surface area contributed by atoms with E-state index in [0.717, 1.165) is 10.6 Å². The van der Waals surface area contributed by atoms with Crippen molar-refractivity contribution in [2.45, 2.75) is 6.54 Å². The van der Waals surface area contributed by atoms with Crippen molar-refractivity contribution in [1.82, 2.24) is 20.5 Å². The van der Waals surface area contributed by atoms with Crippen molar-refractivity contribution in [3.63, 3.8) is 0 Å². The van der Waals surface area contributed by atoms with Crippen molar-refractivity contribution in [3.05, 3.63) is 87.5 Å². The third-order valence-corrected chi connectivity index (χ3v) is 5.57. The molecule has 0 unspecified atom stereocenters. The highest BCUT2D eigenvalue weighted by atomic mass is 35.5. The largest absolute Gasteiger partial charge is 0.345 e. The van der Waals surface area contributed by atoms with Gasteiger partial charge in [0.05, 0.1) is 22.8 Å². The summed E-state index contributed by atoms with van der Waals surface area (Å²) in [5.74, 6) is -3.56. The number of H-pyrrole nitrogens is 1. The van der Waals surface area contributed by atoms with E-state index >= 15 is 0 Å². The Morgan fingerprint density at radius 2 is 1.81 bits per heavy atom. The monoisotopic (exact) mass is 473 g/mol. The maximum absolute atomic E-state index is 13.4. The van der Waals surface area contributed by atoms with Crippen LogP contribution < -0.4 is 10.6 Å². The minimum absolute atomic E-state index is 0.0233. The summed E-state index contributed by atoms with van der Waals surface area (Å²) >= 11 is 7.27. The highest BCUT2D eigenvalue weighted by Crippen LogP contribution is 2.23. The fourth-order valence-corrected chi connectivity index (χ4v) is 3.81. The molecular weight excluding hydrogens is 460 g/mol. The quantitative estimate of drug-likeness (QED) is 0.355. The first kappa shape index (κ1) is 21.6. The van der Waals surface area contributed by atoms with Crippen LogP contribution in [0.1, 0.15) is 26.5 Å². The molecule has 4 aromatic rings. The number of anilines is 1. The summed E-state index contributed by atoms with van der Waals surface area (Å²) in [4.78, 5) is 29.1. The lowest BCUT2D eigenvalue weighted by molar-refractivity contribution is 0.0944. The minimum Gasteiger partial charge on any atom is -0.345 e. The second kappa shape index (κ2) is 9.25. The number of aromatic amines is 1. The summed E-state index contributed by atoms with van der Waals surface area (Å²) in [7, 11) is 0. The van der Waals surface area contributed by atoms with Gasteiger partial charge in [0.25, 0.3) is 11.8 Å². The van der Waals surface area contributed by atoms with Crippen LogP contribution in [0.2, 0.25) is 5.02 Å². The Kier molecular flexibility index (Phi) is 6.24. The van der Waals surface area contributed by atoms with Crippen molar-refractivity contribution < 1.29 is 18.4 Å². The van der Waals surface area contributed by atoms with E-state index in [1.54, 1.807) is 0 Å². The maximum Gasteiger partial charge on any atom is 0.272 e. The normalized spacial score (nSPS) is 10.7. The van der Waals surface area contributed by atoms with Crippen LogP contribution in [0.5, 0.6) is 0 Å². The van der Waals surface area contributed by atoms with Gasteiger partial charge in [0.15, 0.2) is 17.3 Å². The lowest BCUT2D eigenvalue weighted by Crippen LogP contribution is -2.23. The number of hydrogen-bond acceptors (Lipinski definition) is 5. The summed E-state index contributed by atoms with van der Waals surface area (Å²) in [5, 5.41) is 13.9. The molecule has 3 N–H and O–H groups in total. The number of nitrogens with zero attached hydrogens (tertiary/aromatic N) is 2. The number of carbonyl (C=O) groups excluding carboxylic acids is 2. The van der Waals surface area contributed by atoms with Gasteiger partial charge in [-0.15, -0.1) is 11.3 Å². The second-order valence-electron chi connectivity index (χ2n) is 6.56. The maximum atomic E-state index is 13.4. The summed E-state index contributed by atoms with van der Waals surface area (Å²) in [6.07, 6.45) is 0. The molecule has 4 rings (SSSR count). The molecule has 32 heavy (non-hydrogen) atoms. The molecule has 0 saturated heterocycles. The standard InChI is InChI=1S/C21H14ClF2N5O2S/c22-14-7-16(24)15(23)6-13(14)19(30)27-18-8-17(28-29-18)20(31)25-9-12-10-32-21(26-12)11-4-2-1-3-5-11/h1-8,10H,9H2,(H,25,31)(H2,27,28,29,30). The topological polar surface area (TPSA) is 99.8 Å². The van der Waals surface area contributed by atoms with Crippen molar-refractivity contribution in [2.75, 3.05) is 5.32 Å². The van der Waals surface area contributed by atoms with Crippen LogP contribution in [0.4, 0.5) is 14.6 Å². The van der Waals surface area contributed by atoms with Gasteiger partial charge in [0.2, 0.25) is 0 Å². The fourth-order valence-electron chi connectivity index (χ4n) is 2.75. The van der Waals surface area contributed by atoms with Crippen LogP contribution in [-0.2, 0) is 6.54 Å². The predicted molar refractivity (Wildman–Crippen MR) is 117 cm³/mol. The van der Waals surface area contributed by atoms with E-state index in [4.69, 9.17) is 11.6 Å². The van der Waals surface area contributed by atoms with Crippen LogP contribution in [-0.4, -0.2) is 27.0 Å². The Morgan fingerprint density at radius 3 is 2.59 bits per heavy atom. The van der Waals surface area contributed by atoms with E-state index in [-0.39, 0.29) is 28.6 Å². The number of rotatable bonds is 6. The molecular formula is C21H14ClF2N5O2S. The average Bonchev–Trinajstić information content (AvgIpc) is 3.45. The number of hydrogen-bond donors (Lipinski definition) is 3. The number of benzene rings is 2. The van der Waals surface area contributed by atoms with Gasteiger partial charge in [-0.05, 0) is 12.1 Å². The molecule has 0 aliphatic rings. The molecule has 2 aromatic carbocycles. The molecule has 7 nitrogen and oxygen atoms in total. The van der Waals surface area contributed by atoms with E-state index < -0.39 is 23.4 Å². The summed E-state index contributed by atoms with van der Waals surface area (Å²) < 4.78 is 26.6. The average molecular weight is 474 g/mol. The van der Waals surface area contributed by atoms with Crippen LogP contribution >= 0.6 is 22.9 Å². The van der Waals surface area contributed by atoms with Gasteiger partial charge in [-0.2, -0.15) is 5.10 Å². The highest BCUT2D eigenvalue weighted by molar-refractivity contribution is 7.13. The first-order valence-electron chi connectivity index (χ1n) is 9.20. The minimum atomic E-state index is -1.21. The third kappa shape index (κ3) is 4.82. The molecule has 0 aliphatic carbocycles. The number of halogens is 3. The van der Waals surface area contributed by atoms with Gasteiger partial charge in [-0.3, -0.25) is 14.7 Å². The number of thiazole rings is 1. The zero-order valence-corrected chi connectivity index (χ0v) is 17.7. The SMILES string of the molecule is O=C(NCc1csc(-c2ccccc2)n1)c1cc(NC(=O)c2cc(F)c(F)cc2Cl)[nH]n1. The molecule has 0 atom stereocenters. The fraction of sp³-hybridized carbons (Fsp3) is 0.0476. The van der Waals surface area contributed by atoms with Crippen molar-refractivity contribution >= 4 is 40.6 Å². The van der Waals surface area contributed by atoms with Crippen molar-refractivity contribution in [3.8, 4) is 10.6 Å².